The number of rotatable bonds is 9. The van der Waals surface area contributed by atoms with Crippen LogP contribution in [-0.2, 0) is 0 Å². The first-order valence-corrected chi connectivity index (χ1v) is 8.64. The van der Waals surface area contributed by atoms with Gasteiger partial charge in [-0.2, -0.15) is 0 Å². The first kappa shape index (κ1) is 19.6. The van der Waals surface area contributed by atoms with Crippen molar-refractivity contribution in [1.82, 2.24) is 4.90 Å². The van der Waals surface area contributed by atoms with E-state index < -0.39 is 0 Å². The molecule has 0 aliphatic rings. The molecule has 2 nitrogen and oxygen atoms in total. The predicted molar refractivity (Wildman–Crippen MR) is 103 cm³/mol. The standard InChI is InChI=1S/C20H26BrNO/c1-5-13-22(4)15-17(3)8-6-7-16(2)14-20(23)18-9-11-19(21)12-10-18/h5,8-12,14H,1,6-7,13,15H2,2-4H3. The smallest absolute Gasteiger partial charge is 0.185 e. The maximum absolute atomic E-state index is 12.2. The van der Waals surface area contributed by atoms with Gasteiger partial charge in [0, 0.05) is 23.1 Å². The molecule has 0 amide bonds. The highest BCUT2D eigenvalue weighted by Gasteiger charge is 2.03. The summed E-state index contributed by atoms with van der Waals surface area (Å²) in [5.74, 6) is 0.0708. The number of carbonyl (C=O) groups is 1. The number of allylic oxidation sites excluding steroid dienone is 3. The van der Waals surface area contributed by atoms with Crippen LogP contribution in [0.4, 0.5) is 0 Å². The average molecular weight is 376 g/mol. The van der Waals surface area contributed by atoms with Gasteiger partial charge in [-0.1, -0.05) is 39.2 Å². The second-order valence-corrected chi connectivity index (χ2v) is 6.85. The zero-order chi connectivity index (χ0) is 17.2. The lowest BCUT2D eigenvalue weighted by molar-refractivity contribution is 0.104. The molecule has 0 aromatic heterocycles. The van der Waals surface area contributed by atoms with Crippen LogP contribution in [0, 0.1) is 0 Å². The fraction of sp³-hybridized carbons (Fsp3) is 0.350. The molecule has 23 heavy (non-hydrogen) atoms. The monoisotopic (exact) mass is 375 g/mol. The number of halogens is 1. The van der Waals surface area contributed by atoms with Crippen LogP contribution in [0.3, 0.4) is 0 Å². The van der Waals surface area contributed by atoms with Crippen LogP contribution >= 0.6 is 15.9 Å². The van der Waals surface area contributed by atoms with Gasteiger partial charge in [-0.05, 0) is 64.1 Å². The molecule has 0 unspecified atom stereocenters. The summed E-state index contributed by atoms with van der Waals surface area (Å²) >= 11 is 3.38. The first-order valence-electron chi connectivity index (χ1n) is 7.84. The highest BCUT2D eigenvalue weighted by molar-refractivity contribution is 9.10. The number of ketones is 1. The molecule has 0 bridgehead atoms. The predicted octanol–water partition coefficient (Wildman–Crippen LogP) is 5.42. The van der Waals surface area contributed by atoms with Crippen molar-refractivity contribution in [3.05, 3.63) is 70.3 Å². The molecule has 1 rings (SSSR count). The highest BCUT2D eigenvalue weighted by Crippen LogP contribution is 2.13. The normalized spacial score (nSPS) is 12.6. The summed E-state index contributed by atoms with van der Waals surface area (Å²) in [4.78, 5) is 14.4. The summed E-state index contributed by atoms with van der Waals surface area (Å²) in [6.07, 6.45) is 7.78. The van der Waals surface area contributed by atoms with E-state index in [9.17, 15) is 4.79 Å². The van der Waals surface area contributed by atoms with E-state index in [-0.39, 0.29) is 5.78 Å². The molecule has 0 heterocycles. The molecule has 0 aliphatic heterocycles. The number of benzene rings is 1. The maximum atomic E-state index is 12.2. The largest absolute Gasteiger partial charge is 0.299 e. The summed E-state index contributed by atoms with van der Waals surface area (Å²) in [7, 11) is 2.08. The van der Waals surface area contributed by atoms with E-state index in [1.54, 1.807) is 6.08 Å². The van der Waals surface area contributed by atoms with Crippen molar-refractivity contribution in [2.75, 3.05) is 20.1 Å². The Morgan fingerprint density at radius 3 is 2.48 bits per heavy atom. The van der Waals surface area contributed by atoms with Gasteiger partial charge in [0.2, 0.25) is 0 Å². The minimum absolute atomic E-state index is 0.0708. The second-order valence-electron chi connectivity index (χ2n) is 5.94. The quantitative estimate of drug-likeness (QED) is 0.326. The Morgan fingerprint density at radius 2 is 1.87 bits per heavy atom. The summed E-state index contributed by atoms with van der Waals surface area (Å²) in [6, 6.07) is 7.47. The van der Waals surface area contributed by atoms with E-state index in [1.807, 2.05) is 37.3 Å². The van der Waals surface area contributed by atoms with E-state index in [1.165, 1.54) is 5.57 Å². The minimum atomic E-state index is 0.0708. The Kier molecular flexibility index (Phi) is 8.82. The lowest BCUT2D eigenvalue weighted by Crippen LogP contribution is -2.20. The third-order valence-corrected chi connectivity index (χ3v) is 4.03. The van der Waals surface area contributed by atoms with Crippen LogP contribution in [0.15, 0.2) is 64.7 Å². The summed E-state index contributed by atoms with van der Waals surface area (Å²) in [5, 5.41) is 0. The zero-order valence-corrected chi connectivity index (χ0v) is 15.9. The minimum Gasteiger partial charge on any atom is -0.299 e. The van der Waals surface area contributed by atoms with Gasteiger partial charge in [0.15, 0.2) is 5.78 Å². The maximum Gasteiger partial charge on any atom is 0.185 e. The molecule has 1 aromatic rings. The van der Waals surface area contributed by atoms with Crippen LogP contribution in [0.5, 0.6) is 0 Å². The molecule has 1 aromatic carbocycles. The molecule has 0 saturated carbocycles. The molecule has 0 N–H and O–H groups in total. The number of likely N-dealkylation sites (N-methyl/N-ethyl adjacent to an activating group) is 1. The van der Waals surface area contributed by atoms with Crippen LogP contribution in [-0.4, -0.2) is 30.8 Å². The summed E-state index contributed by atoms with van der Waals surface area (Å²) in [6.45, 7) is 9.76. The Labute approximate surface area is 148 Å². The lowest BCUT2D eigenvalue weighted by Gasteiger charge is -2.14. The topological polar surface area (TPSA) is 20.3 Å². The van der Waals surface area contributed by atoms with Crippen molar-refractivity contribution in [3.8, 4) is 0 Å². The zero-order valence-electron chi connectivity index (χ0n) is 14.3. The van der Waals surface area contributed by atoms with Crippen molar-refractivity contribution in [2.24, 2.45) is 0 Å². The van der Waals surface area contributed by atoms with Gasteiger partial charge in [0.1, 0.15) is 0 Å². The summed E-state index contributed by atoms with van der Waals surface area (Å²) in [5.41, 5.74) is 3.19. The summed E-state index contributed by atoms with van der Waals surface area (Å²) < 4.78 is 0.983. The van der Waals surface area contributed by atoms with Crippen molar-refractivity contribution >= 4 is 21.7 Å². The molecular weight excluding hydrogens is 350 g/mol. The number of hydrogen-bond donors (Lipinski definition) is 0. The third kappa shape index (κ3) is 8.10. The van der Waals surface area contributed by atoms with Gasteiger partial charge in [0.05, 0.1) is 0 Å². The van der Waals surface area contributed by atoms with Crippen molar-refractivity contribution in [2.45, 2.75) is 26.7 Å². The molecule has 3 heteroatoms. The van der Waals surface area contributed by atoms with E-state index >= 15 is 0 Å². The Bertz CT molecular complexity index is 584. The van der Waals surface area contributed by atoms with Crippen molar-refractivity contribution in [1.29, 1.82) is 0 Å². The van der Waals surface area contributed by atoms with Crippen LogP contribution < -0.4 is 0 Å². The van der Waals surface area contributed by atoms with Gasteiger partial charge >= 0.3 is 0 Å². The number of nitrogens with zero attached hydrogens (tertiary/aromatic N) is 1. The van der Waals surface area contributed by atoms with Crippen molar-refractivity contribution in [3.63, 3.8) is 0 Å². The van der Waals surface area contributed by atoms with Gasteiger partial charge < -0.3 is 0 Å². The van der Waals surface area contributed by atoms with E-state index in [0.717, 1.165) is 41.5 Å². The van der Waals surface area contributed by atoms with E-state index in [0.29, 0.717) is 0 Å². The SMILES string of the molecule is C=CCN(C)CC(C)=CCCC(C)=CC(=O)c1ccc(Br)cc1. The molecule has 0 aliphatic carbocycles. The van der Waals surface area contributed by atoms with Crippen molar-refractivity contribution < 1.29 is 4.79 Å². The average Bonchev–Trinajstić information content (AvgIpc) is 2.47. The Hall–Kier alpha value is -1.45. The number of carbonyl (C=O) groups excluding carboxylic acids is 1. The van der Waals surface area contributed by atoms with Crippen LogP contribution in [0.2, 0.25) is 0 Å². The Morgan fingerprint density at radius 1 is 1.22 bits per heavy atom. The molecule has 0 saturated heterocycles. The van der Waals surface area contributed by atoms with E-state index in [4.69, 9.17) is 0 Å². The third-order valence-electron chi connectivity index (χ3n) is 3.50. The molecule has 124 valence electrons. The molecular formula is C20H26BrNO. The first-order chi connectivity index (χ1) is 10.9. The molecule has 0 spiro atoms. The van der Waals surface area contributed by atoms with Crippen LogP contribution in [0.1, 0.15) is 37.0 Å². The highest BCUT2D eigenvalue weighted by atomic mass is 79.9. The number of hydrogen-bond acceptors (Lipinski definition) is 2. The molecule has 0 fully saturated rings. The molecule has 0 radical (unpaired) electrons. The van der Waals surface area contributed by atoms with Gasteiger partial charge in [-0.15, -0.1) is 6.58 Å². The lowest BCUT2D eigenvalue weighted by atomic mass is 10.1. The van der Waals surface area contributed by atoms with Gasteiger partial charge in [-0.25, -0.2) is 0 Å². The van der Waals surface area contributed by atoms with E-state index in [2.05, 4.69) is 47.5 Å². The Balaban J connectivity index is 2.49. The van der Waals surface area contributed by atoms with Crippen LogP contribution in [0.25, 0.3) is 0 Å². The van der Waals surface area contributed by atoms with Gasteiger partial charge in [0.25, 0.3) is 0 Å². The second kappa shape index (κ2) is 10.3. The fourth-order valence-corrected chi connectivity index (χ4v) is 2.58. The van der Waals surface area contributed by atoms with Gasteiger partial charge in [-0.3, -0.25) is 9.69 Å². The fourth-order valence-electron chi connectivity index (χ4n) is 2.31. The molecule has 0 atom stereocenters.